The van der Waals surface area contributed by atoms with Crippen molar-refractivity contribution in [2.45, 2.75) is 43.7 Å². The first-order chi connectivity index (χ1) is 6.92. The maximum atomic E-state index is 3.69. The van der Waals surface area contributed by atoms with Gasteiger partial charge >= 0.3 is 0 Å². The summed E-state index contributed by atoms with van der Waals surface area (Å²) in [5, 5.41) is 3.69. The molecule has 1 aromatic carbocycles. The topological polar surface area (TPSA) is 12.0 Å². The van der Waals surface area contributed by atoms with E-state index >= 15 is 0 Å². The second-order valence-corrected chi connectivity index (χ2v) is 4.72. The molecule has 0 spiro atoms. The molecule has 15 heavy (non-hydrogen) atoms. The van der Waals surface area contributed by atoms with E-state index in [1.54, 1.807) is 5.56 Å². The van der Waals surface area contributed by atoms with Gasteiger partial charge in [0.15, 0.2) is 0 Å². The molecule has 2 fully saturated rings. The summed E-state index contributed by atoms with van der Waals surface area (Å²) in [5.74, 6) is 0.815. The van der Waals surface area contributed by atoms with Gasteiger partial charge < -0.3 is 5.32 Å². The van der Waals surface area contributed by atoms with E-state index in [9.17, 15) is 0 Å². The summed E-state index contributed by atoms with van der Waals surface area (Å²) in [4.78, 5) is 0. The summed E-state index contributed by atoms with van der Waals surface area (Å²) in [6, 6.07) is 12.6. The minimum Gasteiger partial charge on any atom is -0.311 e. The van der Waals surface area contributed by atoms with Gasteiger partial charge in [0.25, 0.3) is 0 Å². The molecule has 3 atom stereocenters. The van der Waals surface area contributed by atoms with E-state index in [2.05, 4.69) is 35.6 Å². The van der Waals surface area contributed by atoms with Crippen molar-refractivity contribution in [3.05, 3.63) is 35.9 Å². The molecule has 1 N–H and O–H groups in total. The molecule has 2 heteroatoms. The molecule has 82 valence electrons. The van der Waals surface area contributed by atoms with Crippen LogP contribution in [0.4, 0.5) is 0 Å². The van der Waals surface area contributed by atoms with Gasteiger partial charge in [-0.25, -0.2) is 0 Å². The first-order valence-corrected chi connectivity index (χ1v) is 5.73. The van der Waals surface area contributed by atoms with Crippen LogP contribution in [0, 0.1) is 0 Å². The molecule has 1 nitrogen and oxygen atoms in total. The maximum absolute atomic E-state index is 3.69. The number of halogens is 1. The van der Waals surface area contributed by atoms with E-state index in [0.717, 1.165) is 18.0 Å². The molecular formula is C13H18ClN. The third-order valence-electron chi connectivity index (χ3n) is 3.74. The lowest BCUT2D eigenvalue weighted by molar-refractivity contribution is 0.363. The molecule has 2 heterocycles. The normalized spacial score (nSPS) is 33.5. The zero-order chi connectivity index (χ0) is 9.38. The predicted molar refractivity (Wildman–Crippen MR) is 65.6 cm³/mol. The summed E-state index contributed by atoms with van der Waals surface area (Å²) in [6.45, 7) is 0. The Morgan fingerprint density at radius 3 is 2.13 bits per heavy atom. The monoisotopic (exact) mass is 223 g/mol. The Hall–Kier alpha value is -0.530. The number of hydrogen-bond donors (Lipinski definition) is 1. The highest BCUT2D eigenvalue weighted by molar-refractivity contribution is 5.85. The van der Waals surface area contributed by atoms with Crippen LogP contribution in [0.2, 0.25) is 0 Å². The maximum Gasteiger partial charge on any atom is 0.00760 e. The third-order valence-corrected chi connectivity index (χ3v) is 3.74. The molecule has 2 saturated heterocycles. The number of hydrogen-bond acceptors (Lipinski definition) is 1. The lowest BCUT2D eigenvalue weighted by Gasteiger charge is -2.29. The summed E-state index contributed by atoms with van der Waals surface area (Å²) < 4.78 is 0. The first kappa shape index (κ1) is 11.0. The van der Waals surface area contributed by atoms with E-state index < -0.39 is 0 Å². The van der Waals surface area contributed by atoms with Crippen molar-refractivity contribution in [1.29, 1.82) is 0 Å². The zero-order valence-electron chi connectivity index (χ0n) is 8.86. The quantitative estimate of drug-likeness (QED) is 0.772. The highest BCUT2D eigenvalue weighted by Crippen LogP contribution is 2.36. The number of fused-ring (bicyclic) bond motifs is 2. The van der Waals surface area contributed by atoms with Gasteiger partial charge in [-0.3, -0.25) is 0 Å². The van der Waals surface area contributed by atoms with Gasteiger partial charge in [0.2, 0.25) is 0 Å². The highest BCUT2D eigenvalue weighted by Gasteiger charge is 2.33. The number of benzene rings is 1. The van der Waals surface area contributed by atoms with Crippen molar-refractivity contribution in [2.75, 3.05) is 0 Å². The van der Waals surface area contributed by atoms with Crippen molar-refractivity contribution in [3.8, 4) is 0 Å². The van der Waals surface area contributed by atoms with Crippen molar-refractivity contribution in [3.63, 3.8) is 0 Å². The lowest BCUT2D eigenvalue weighted by Crippen LogP contribution is -2.37. The van der Waals surface area contributed by atoms with Gasteiger partial charge in [0.1, 0.15) is 0 Å². The summed E-state index contributed by atoms with van der Waals surface area (Å²) in [7, 11) is 0. The van der Waals surface area contributed by atoms with Crippen molar-refractivity contribution in [1.82, 2.24) is 5.32 Å². The Kier molecular flexibility index (Phi) is 3.32. The summed E-state index contributed by atoms with van der Waals surface area (Å²) >= 11 is 0. The second-order valence-electron chi connectivity index (χ2n) is 4.72. The molecule has 3 rings (SSSR count). The lowest BCUT2D eigenvalue weighted by atomic mass is 9.86. The minimum atomic E-state index is 0. The van der Waals surface area contributed by atoms with E-state index in [0.29, 0.717) is 0 Å². The molecule has 0 saturated carbocycles. The predicted octanol–water partition coefficient (Wildman–Crippen LogP) is 3.11. The average Bonchev–Trinajstić information content (AvgIpc) is 2.59. The second kappa shape index (κ2) is 4.54. The molecule has 2 aliphatic heterocycles. The fourth-order valence-corrected chi connectivity index (χ4v) is 3.05. The minimum absolute atomic E-state index is 0. The third kappa shape index (κ3) is 2.19. The molecule has 0 aliphatic carbocycles. The van der Waals surface area contributed by atoms with E-state index in [1.807, 2.05) is 0 Å². The number of rotatable bonds is 1. The smallest absolute Gasteiger partial charge is 0.00760 e. The fourth-order valence-electron chi connectivity index (χ4n) is 3.05. The zero-order valence-corrected chi connectivity index (χ0v) is 9.67. The van der Waals surface area contributed by atoms with Crippen LogP contribution in [-0.4, -0.2) is 12.1 Å². The Labute approximate surface area is 97.7 Å². The van der Waals surface area contributed by atoms with Crippen LogP contribution in [0.3, 0.4) is 0 Å². The van der Waals surface area contributed by atoms with Gasteiger partial charge in [-0.05, 0) is 37.2 Å². The Morgan fingerprint density at radius 2 is 1.53 bits per heavy atom. The van der Waals surface area contributed by atoms with Gasteiger partial charge in [-0.1, -0.05) is 30.3 Å². The van der Waals surface area contributed by atoms with Gasteiger partial charge in [0.05, 0.1) is 0 Å². The van der Waals surface area contributed by atoms with Crippen molar-refractivity contribution >= 4 is 12.4 Å². The van der Waals surface area contributed by atoms with E-state index in [1.165, 1.54) is 25.7 Å². The fraction of sp³-hybridized carbons (Fsp3) is 0.538. The van der Waals surface area contributed by atoms with Crippen molar-refractivity contribution < 1.29 is 0 Å². The summed E-state index contributed by atoms with van der Waals surface area (Å²) in [5.41, 5.74) is 1.55. The Morgan fingerprint density at radius 1 is 0.933 bits per heavy atom. The molecule has 2 aliphatic rings. The molecule has 1 aromatic rings. The highest BCUT2D eigenvalue weighted by atomic mass is 35.5. The van der Waals surface area contributed by atoms with Gasteiger partial charge in [-0.2, -0.15) is 0 Å². The molecule has 0 amide bonds. The van der Waals surface area contributed by atoms with Crippen LogP contribution in [0.15, 0.2) is 30.3 Å². The van der Waals surface area contributed by atoms with Crippen LogP contribution in [0.25, 0.3) is 0 Å². The Balaban J connectivity index is 0.000000853. The molecule has 0 radical (unpaired) electrons. The van der Waals surface area contributed by atoms with Crippen molar-refractivity contribution in [2.24, 2.45) is 0 Å². The Bertz CT molecular complexity index is 300. The largest absolute Gasteiger partial charge is 0.311 e. The van der Waals surface area contributed by atoms with Crippen LogP contribution < -0.4 is 5.32 Å². The van der Waals surface area contributed by atoms with Gasteiger partial charge in [0, 0.05) is 12.1 Å². The number of nitrogens with one attached hydrogen (secondary N) is 1. The molecule has 0 aromatic heterocycles. The average molecular weight is 224 g/mol. The number of piperidine rings is 1. The molecule has 0 unspecified atom stereocenters. The SMILES string of the molecule is Cl.c1ccc([C@H]2C[C@H]3CC[C@@H](C2)N3)cc1. The van der Waals surface area contributed by atoms with Crippen LogP contribution in [0.5, 0.6) is 0 Å². The molecular weight excluding hydrogens is 206 g/mol. The first-order valence-electron chi connectivity index (χ1n) is 5.73. The van der Waals surface area contributed by atoms with Crippen LogP contribution >= 0.6 is 12.4 Å². The van der Waals surface area contributed by atoms with E-state index in [4.69, 9.17) is 0 Å². The van der Waals surface area contributed by atoms with Crippen LogP contribution in [0.1, 0.15) is 37.2 Å². The standard InChI is InChI=1S/C13H17N.ClH/c1-2-4-10(5-3-1)11-8-12-6-7-13(9-11)14-12;/h1-5,11-14H,6-9H2;1H/t11-,12+,13-;. The van der Waals surface area contributed by atoms with Gasteiger partial charge in [-0.15, -0.1) is 12.4 Å². The molecule has 2 bridgehead atoms. The van der Waals surface area contributed by atoms with E-state index in [-0.39, 0.29) is 12.4 Å². The van der Waals surface area contributed by atoms with Crippen LogP contribution in [-0.2, 0) is 0 Å². The summed E-state index contributed by atoms with van der Waals surface area (Å²) in [6.07, 6.45) is 5.49.